The van der Waals surface area contributed by atoms with Crippen LogP contribution in [0.15, 0.2) is 84.4 Å². The maximum absolute atomic E-state index is 12.8. The van der Waals surface area contributed by atoms with Crippen molar-refractivity contribution in [2.24, 2.45) is 0 Å². The van der Waals surface area contributed by atoms with E-state index in [0.29, 0.717) is 33.7 Å². The summed E-state index contributed by atoms with van der Waals surface area (Å²) < 4.78 is 6.10. The molecule has 34 heavy (non-hydrogen) atoms. The Morgan fingerprint density at radius 1 is 1.00 bits per heavy atom. The van der Waals surface area contributed by atoms with Gasteiger partial charge in [0.25, 0.3) is 5.91 Å². The molecule has 0 aromatic heterocycles. The monoisotopic (exact) mass is 486 g/mol. The standard InChI is InChI=1S/C28H20Cl2N2O2/c1-18-9-10-24(30)15-26(18)32-28(33)22(16-31)13-21-14-23(29)11-12-27(21)34-17-20-7-4-6-19-5-2-3-8-25(19)20/h2-15H,17H2,1H3,(H,32,33)/b22-13+. The number of rotatable bonds is 6. The van der Waals surface area contributed by atoms with Crippen molar-refractivity contribution in [1.82, 2.24) is 0 Å². The van der Waals surface area contributed by atoms with Crippen molar-refractivity contribution in [1.29, 1.82) is 5.26 Å². The molecular formula is C28H20Cl2N2O2. The smallest absolute Gasteiger partial charge is 0.266 e. The van der Waals surface area contributed by atoms with Gasteiger partial charge in [-0.15, -0.1) is 0 Å². The van der Waals surface area contributed by atoms with Crippen molar-refractivity contribution >= 4 is 51.6 Å². The summed E-state index contributed by atoms with van der Waals surface area (Å²) in [5.74, 6) is -0.0373. The third kappa shape index (κ3) is 5.40. The summed E-state index contributed by atoms with van der Waals surface area (Å²) in [7, 11) is 0. The molecule has 4 rings (SSSR count). The molecule has 0 heterocycles. The molecule has 4 nitrogen and oxygen atoms in total. The highest BCUT2D eigenvalue weighted by Crippen LogP contribution is 2.28. The summed E-state index contributed by atoms with van der Waals surface area (Å²) in [6.45, 7) is 2.16. The van der Waals surface area contributed by atoms with Gasteiger partial charge in [0.1, 0.15) is 24.0 Å². The number of ether oxygens (including phenoxy) is 1. The predicted octanol–water partition coefficient (Wildman–Crippen LogP) is 7.58. The predicted molar refractivity (Wildman–Crippen MR) is 138 cm³/mol. The molecule has 0 bridgehead atoms. The highest BCUT2D eigenvalue weighted by Gasteiger charge is 2.14. The van der Waals surface area contributed by atoms with E-state index in [2.05, 4.69) is 17.4 Å². The first-order valence-corrected chi connectivity index (χ1v) is 11.3. The molecule has 0 radical (unpaired) electrons. The van der Waals surface area contributed by atoms with Gasteiger partial charge in [-0.3, -0.25) is 4.79 Å². The van der Waals surface area contributed by atoms with E-state index >= 15 is 0 Å². The van der Waals surface area contributed by atoms with Gasteiger partial charge in [0.2, 0.25) is 0 Å². The summed E-state index contributed by atoms with van der Waals surface area (Å²) in [6, 6.07) is 26.4. The Labute approximate surface area is 208 Å². The van der Waals surface area contributed by atoms with Gasteiger partial charge >= 0.3 is 0 Å². The second-order valence-electron chi connectivity index (χ2n) is 7.69. The summed E-state index contributed by atoms with van der Waals surface area (Å²) in [5.41, 5.74) is 2.84. The molecule has 1 amide bonds. The van der Waals surface area contributed by atoms with Gasteiger partial charge in [0.15, 0.2) is 0 Å². The number of nitrogens with zero attached hydrogens (tertiary/aromatic N) is 1. The van der Waals surface area contributed by atoms with E-state index in [1.54, 1.807) is 36.4 Å². The Hall–Kier alpha value is -3.78. The lowest BCUT2D eigenvalue weighted by molar-refractivity contribution is -0.112. The average molecular weight is 487 g/mol. The van der Waals surface area contributed by atoms with Crippen LogP contribution in [-0.4, -0.2) is 5.91 Å². The van der Waals surface area contributed by atoms with Crippen molar-refractivity contribution in [3.63, 3.8) is 0 Å². The number of carbonyl (C=O) groups excluding carboxylic acids is 1. The van der Waals surface area contributed by atoms with Gasteiger partial charge < -0.3 is 10.1 Å². The van der Waals surface area contributed by atoms with E-state index in [1.807, 2.05) is 43.3 Å². The lowest BCUT2D eigenvalue weighted by atomic mass is 10.1. The zero-order valence-electron chi connectivity index (χ0n) is 18.3. The third-order valence-corrected chi connectivity index (χ3v) is 5.82. The zero-order chi connectivity index (χ0) is 24.1. The number of nitrogens with one attached hydrogen (secondary N) is 1. The second kappa shape index (κ2) is 10.4. The molecule has 0 unspecified atom stereocenters. The van der Waals surface area contributed by atoms with Crippen LogP contribution >= 0.6 is 23.2 Å². The normalized spacial score (nSPS) is 11.2. The highest BCUT2D eigenvalue weighted by molar-refractivity contribution is 6.31. The molecule has 1 N–H and O–H groups in total. The molecule has 6 heteroatoms. The first-order valence-electron chi connectivity index (χ1n) is 10.5. The fourth-order valence-electron chi connectivity index (χ4n) is 3.56. The van der Waals surface area contributed by atoms with Crippen molar-refractivity contribution in [3.05, 3.63) is 111 Å². The van der Waals surface area contributed by atoms with E-state index in [9.17, 15) is 10.1 Å². The molecule has 4 aromatic carbocycles. The van der Waals surface area contributed by atoms with Gasteiger partial charge in [-0.25, -0.2) is 0 Å². The Bertz CT molecular complexity index is 1450. The number of anilines is 1. The van der Waals surface area contributed by atoms with Gasteiger partial charge in [-0.2, -0.15) is 5.26 Å². The zero-order valence-corrected chi connectivity index (χ0v) is 19.8. The van der Waals surface area contributed by atoms with E-state index in [4.69, 9.17) is 27.9 Å². The molecule has 0 saturated heterocycles. The van der Waals surface area contributed by atoms with E-state index in [0.717, 1.165) is 21.9 Å². The minimum Gasteiger partial charge on any atom is -0.488 e. The number of carbonyl (C=O) groups is 1. The van der Waals surface area contributed by atoms with Crippen molar-refractivity contribution < 1.29 is 9.53 Å². The third-order valence-electron chi connectivity index (χ3n) is 5.35. The number of aryl methyl sites for hydroxylation is 1. The number of benzene rings is 4. The Balaban J connectivity index is 1.61. The van der Waals surface area contributed by atoms with Crippen molar-refractivity contribution in [2.45, 2.75) is 13.5 Å². The average Bonchev–Trinajstić information content (AvgIpc) is 2.84. The Kier molecular flexibility index (Phi) is 7.18. The number of nitriles is 1. The second-order valence-corrected chi connectivity index (χ2v) is 8.57. The van der Waals surface area contributed by atoms with Crippen molar-refractivity contribution in [3.8, 4) is 11.8 Å². The maximum Gasteiger partial charge on any atom is 0.266 e. The SMILES string of the molecule is Cc1ccc(Cl)cc1NC(=O)/C(C#N)=C/c1cc(Cl)ccc1OCc1cccc2ccccc12. The number of halogens is 2. The lowest BCUT2D eigenvalue weighted by Gasteiger charge is -2.12. The van der Waals surface area contributed by atoms with E-state index in [-0.39, 0.29) is 5.57 Å². The largest absolute Gasteiger partial charge is 0.488 e. The van der Waals surface area contributed by atoms with Crippen LogP contribution in [0.5, 0.6) is 5.75 Å². The number of hydrogen-bond donors (Lipinski definition) is 1. The highest BCUT2D eigenvalue weighted by atomic mass is 35.5. The van der Waals surface area contributed by atoms with Crippen molar-refractivity contribution in [2.75, 3.05) is 5.32 Å². The lowest BCUT2D eigenvalue weighted by Crippen LogP contribution is -2.14. The molecule has 0 aliphatic heterocycles. The fourth-order valence-corrected chi connectivity index (χ4v) is 3.91. The van der Waals surface area contributed by atoms with Crippen LogP contribution < -0.4 is 10.1 Å². The Morgan fingerprint density at radius 3 is 2.56 bits per heavy atom. The number of amides is 1. The first-order chi connectivity index (χ1) is 16.4. The quantitative estimate of drug-likeness (QED) is 0.225. The molecular weight excluding hydrogens is 467 g/mol. The minimum atomic E-state index is -0.548. The van der Waals surface area contributed by atoms with Gasteiger partial charge in [0.05, 0.1) is 0 Å². The molecule has 0 aliphatic carbocycles. The summed E-state index contributed by atoms with van der Waals surface area (Å²) in [6.07, 6.45) is 1.47. The van der Waals surface area contributed by atoms with Crippen LogP contribution in [0.2, 0.25) is 10.0 Å². The van der Waals surface area contributed by atoms with Crippen LogP contribution in [0, 0.1) is 18.3 Å². The molecule has 168 valence electrons. The number of fused-ring (bicyclic) bond motifs is 1. The molecule has 0 aliphatic rings. The minimum absolute atomic E-state index is 0.0864. The van der Waals surface area contributed by atoms with E-state index in [1.165, 1.54) is 6.08 Å². The van der Waals surface area contributed by atoms with Crippen LogP contribution in [0.1, 0.15) is 16.7 Å². The molecule has 0 saturated carbocycles. The molecule has 0 spiro atoms. The van der Waals surface area contributed by atoms with Crippen LogP contribution in [-0.2, 0) is 11.4 Å². The van der Waals surface area contributed by atoms with E-state index < -0.39 is 5.91 Å². The molecule has 4 aromatic rings. The van der Waals surface area contributed by atoms with Crippen LogP contribution in [0.4, 0.5) is 5.69 Å². The number of hydrogen-bond acceptors (Lipinski definition) is 3. The van der Waals surface area contributed by atoms with Crippen LogP contribution in [0.25, 0.3) is 16.8 Å². The molecule has 0 fully saturated rings. The summed E-state index contributed by atoms with van der Waals surface area (Å²) in [5, 5.41) is 15.6. The topological polar surface area (TPSA) is 62.1 Å². The maximum atomic E-state index is 12.8. The molecule has 0 atom stereocenters. The van der Waals surface area contributed by atoms with Gasteiger partial charge in [0, 0.05) is 21.3 Å². The van der Waals surface area contributed by atoms with Crippen LogP contribution in [0.3, 0.4) is 0 Å². The fraction of sp³-hybridized carbons (Fsp3) is 0.0714. The summed E-state index contributed by atoms with van der Waals surface area (Å²) >= 11 is 12.2. The van der Waals surface area contributed by atoms with Gasteiger partial charge in [-0.05, 0) is 65.2 Å². The van der Waals surface area contributed by atoms with Gasteiger partial charge in [-0.1, -0.05) is 71.7 Å². The first kappa shape index (κ1) is 23.4. The Morgan fingerprint density at radius 2 is 1.74 bits per heavy atom. The summed E-state index contributed by atoms with van der Waals surface area (Å²) in [4.78, 5) is 12.8.